The minimum absolute atomic E-state index is 0.0340. The van der Waals surface area contributed by atoms with Crippen LogP contribution in [0, 0.1) is 0 Å². The molecular formula is C24H21F3N4O3. The Labute approximate surface area is 193 Å². The molecule has 1 fully saturated rings. The van der Waals surface area contributed by atoms with E-state index < -0.39 is 29.4 Å². The summed E-state index contributed by atoms with van der Waals surface area (Å²) in [7, 11) is 0. The average Bonchev–Trinajstić information content (AvgIpc) is 3.36. The van der Waals surface area contributed by atoms with E-state index in [1.165, 1.54) is 5.06 Å². The van der Waals surface area contributed by atoms with Gasteiger partial charge in [-0.3, -0.25) is 4.84 Å². The third kappa shape index (κ3) is 3.94. The van der Waals surface area contributed by atoms with Gasteiger partial charge in [-0.25, -0.2) is 14.8 Å². The number of nitrogens with one attached hydrogen (secondary N) is 1. The SMILES string of the molecule is CC1(C)OC(=O)c2ccc(Nc3ncc(C(F)(F)F)c(N4OCCC4c4ccccc4)n3)cc21. The molecule has 176 valence electrons. The molecule has 0 spiro atoms. The number of anilines is 3. The van der Waals surface area contributed by atoms with Crippen LogP contribution in [0.25, 0.3) is 0 Å². The molecule has 1 N–H and O–H groups in total. The largest absolute Gasteiger partial charge is 0.451 e. The van der Waals surface area contributed by atoms with Crippen molar-refractivity contribution in [2.45, 2.75) is 38.1 Å². The molecule has 1 aromatic heterocycles. The predicted octanol–water partition coefficient (Wildman–Crippen LogP) is 5.53. The first-order valence-corrected chi connectivity index (χ1v) is 10.7. The van der Waals surface area contributed by atoms with E-state index >= 15 is 0 Å². The van der Waals surface area contributed by atoms with Crippen LogP contribution < -0.4 is 10.4 Å². The standard InChI is InChI=1S/C24H21F3N4O3/c1-23(2)17-12-15(8-9-16(17)21(32)34-23)29-22-28-13-18(24(25,26)27)20(30-22)31-19(10-11-33-31)14-6-4-3-5-7-14/h3-9,12-13,19H,10-11H2,1-2H3,(H,28,29,30). The van der Waals surface area contributed by atoms with E-state index in [0.29, 0.717) is 23.2 Å². The molecule has 1 atom stereocenters. The van der Waals surface area contributed by atoms with E-state index in [4.69, 9.17) is 9.57 Å². The van der Waals surface area contributed by atoms with Crippen LogP contribution in [0.5, 0.6) is 0 Å². The van der Waals surface area contributed by atoms with Gasteiger partial charge in [-0.15, -0.1) is 0 Å². The Bertz CT molecular complexity index is 1250. The number of fused-ring (bicyclic) bond motifs is 1. The zero-order valence-electron chi connectivity index (χ0n) is 18.4. The van der Waals surface area contributed by atoms with Crippen LogP contribution in [0.4, 0.5) is 30.6 Å². The molecule has 2 aromatic carbocycles. The normalized spacial score (nSPS) is 19.1. The van der Waals surface area contributed by atoms with Crippen molar-refractivity contribution in [3.05, 3.63) is 77.0 Å². The first kappa shape index (κ1) is 22.1. The van der Waals surface area contributed by atoms with Gasteiger partial charge in [0, 0.05) is 23.9 Å². The van der Waals surface area contributed by atoms with Gasteiger partial charge in [-0.1, -0.05) is 30.3 Å². The van der Waals surface area contributed by atoms with Crippen molar-refractivity contribution >= 4 is 23.4 Å². The fourth-order valence-electron chi connectivity index (χ4n) is 4.23. The number of rotatable bonds is 4. The lowest BCUT2D eigenvalue weighted by Crippen LogP contribution is -2.26. The molecule has 0 aliphatic carbocycles. The number of halogens is 3. The molecule has 2 aliphatic rings. The number of hydrogen-bond acceptors (Lipinski definition) is 7. The number of cyclic esters (lactones) is 1. The Kier molecular flexibility index (Phi) is 5.20. The van der Waals surface area contributed by atoms with Crippen LogP contribution in [0.15, 0.2) is 54.7 Å². The van der Waals surface area contributed by atoms with Crippen LogP contribution in [0.3, 0.4) is 0 Å². The summed E-state index contributed by atoms with van der Waals surface area (Å²) >= 11 is 0. The highest BCUT2D eigenvalue weighted by Gasteiger charge is 2.41. The molecule has 1 unspecified atom stereocenters. The second kappa shape index (κ2) is 7.98. The first-order valence-electron chi connectivity index (χ1n) is 10.7. The van der Waals surface area contributed by atoms with Crippen LogP contribution >= 0.6 is 0 Å². The molecule has 0 saturated carbocycles. The molecule has 10 heteroatoms. The summed E-state index contributed by atoms with van der Waals surface area (Å²) in [4.78, 5) is 25.7. The highest BCUT2D eigenvalue weighted by Crippen LogP contribution is 2.42. The number of nitrogens with zero attached hydrogens (tertiary/aromatic N) is 3. The third-order valence-electron chi connectivity index (χ3n) is 5.86. The topological polar surface area (TPSA) is 76.6 Å². The van der Waals surface area contributed by atoms with E-state index in [1.807, 2.05) is 30.3 Å². The molecule has 5 rings (SSSR count). The molecule has 3 heterocycles. The van der Waals surface area contributed by atoms with Gasteiger partial charge >= 0.3 is 12.1 Å². The van der Waals surface area contributed by atoms with Crippen molar-refractivity contribution in [3.63, 3.8) is 0 Å². The molecule has 7 nitrogen and oxygen atoms in total. The summed E-state index contributed by atoms with van der Waals surface area (Å²) in [6.07, 6.45) is -3.41. The number of alkyl halides is 3. The molecule has 2 aliphatic heterocycles. The van der Waals surface area contributed by atoms with Crippen LogP contribution in [0.2, 0.25) is 0 Å². The van der Waals surface area contributed by atoms with Crippen molar-refractivity contribution < 1.29 is 27.5 Å². The Morgan fingerprint density at radius 2 is 1.91 bits per heavy atom. The van der Waals surface area contributed by atoms with Crippen molar-refractivity contribution in [2.75, 3.05) is 17.0 Å². The summed E-state index contributed by atoms with van der Waals surface area (Å²) in [5, 5.41) is 4.16. The van der Waals surface area contributed by atoms with Crippen LogP contribution in [-0.2, 0) is 21.4 Å². The minimum Gasteiger partial charge on any atom is -0.451 e. The predicted molar refractivity (Wildman–Crippen MR) is 117 cm³/mol. The maximum atomic E-state index is 13.8. The zero-order chi connectivity index (χ0) is 24.1. The van der Waals surface area contributed by atoms with E-state index in [1.54, 1.807) is 32.0 Å². The second-order valence-corrected chi connectivity index (χ2v) is 8.59. The lowest BCUT2D eigenvalue weighted by Gasteiger charge is -2.26. The van der Waals surface area contributed by atoms with Gasteiger partial charge in [0.15, 0.2) is 5.82 Å². The monoisotopic (exact) mass is 470 g/mol. The van der Waals surface area contributed by atoms with Gasteiger partial charge in [0.2, 0.25) is 5.95 Å². The quantitative estimate of drug-likeness (QED) is 0.503. The Morgan fingerprint density at radius 1 is 1.15 bits per heavy atom. The van der Waals surface area contributed by atoms with Gasteiger partial charge in [0.1, 0.15) is 11.2 Å². The number of hydroxylamine groups is 1. The summed E-state index contributed by atoms with van der Waals surface area (Å²) in [6.45, 7) is 3.79. The number of benzene rings is 2. The smallest absolute Gasteiger partial charge is 0.421 e. The summed E-state index contributed by atoms with van der Waals surface area (Å²) < 4.78 is 46.9. The molecule has 34 heavy (non-hydrogen) atoms. The Morgan fingerprint density at radius 3 is 2.65 bits per heavy atom. The lowest BCUT2D eigenvalue weighted by atomic mass is 9.95. The molecule has 1 saturated heterocycles. The fourth-order valence-corrected chi connectivity index (χ4v) is 4.23. The number of hydrogen-bond donors (Lipinski definition) is 1. The highest BCUT2D eigenvalue weighted by atomic mass is 19.4. The van der Waals surface area contributed by atoms with Crippen molar-refractivity contribution in [1.82, 2.24) is 9.97 Å². The fraction of sp³-hybridized carbons (Fsp3) is 0.292. The van der Waals surface area contributed by atoms with Crippen molar-refractivity contribution in [2.24, 2.45) is 0 Å². The van der Waals surface area contributed by atoms with E-state index in [9.17, 15) is 18.0 Å². The molecule has 0 radical (unpaired) electrons. The number of ether oxygens (including phenoxy) is 1. The number of carbonyl (C=O) groups excluding carboxylic acids is 1. The molecule has 0 bridgehead atoms. The number of aromatic nitrogens is 2. The maximum absolute atomic E-state index is 13.8. The first-order chi connectivity index (χ1) is 16.1. The molecular weight excluding hydrogens is 449 g/mol. The third-order valence-corrected chi connectivity index (χ3v) is 5.86. The van der Waals surface area contributed by atoms with Gasteiger partial charge in [-0.05, 0) is 37.6 Å². The summed E-state index contributed by atoms with van der Waals surface area (Å²) in [5.74, 6) is -0.817. The van der Waals surface area contributed by atoms with Gasteiger partial charge < -0.3 is 10.1 Å². The Hall–Kier alpha value is -3.66. The highest BCUT2D eigenvalue weighted by molar-refractivity contribution is 5.95. The maximum Gasteiger partial charge on any atom is 0.421 e. The average molecular weight is 470 g/mol. The lowest BCUT2D eigenvalue weighted by molar-refractivity contribution is -0.138. The van der Waals surface area contributed by atoms with Crippen LogP contribution in [-0.4, -0.2) is 22.5 Å². The van der Waals surface area contributed by atoms with E-state index in [0.717, 1.165) is 11.8 Å². The van der Waals surface area contributed by atoms with Crippen LogP contribution in [0.1, 0.15) is 53.4 Å². The molecule has 0 amide bonds. The van der Waals surface area contributed by atoms with Gasteiger partial charge in [0.05, 0.1) is 18.2 Å². The second-order valence-electron chi connectivity index (χ2n) is 8.59. The minimum atomic E-state index is -4.67. The number of carbonyl (C=O) groups is 1. The van der Waals surface area contributed by atoms with Crippen molar-refractivity contribution in [3.8, 4) is 0 Å². The van der Waals surface area contributed by atoms with E-state index in [2.05, 4.69) is 15.3 Å². The van der Waals surface area contributed by atoms with Crippen molar-refractivity contribution in [1.29, 1.82) is 0 Å². The zero-order valence-corrected chi connectivity index (χ0v) is 18.4. The van der Waals surface area contributed by atoms with Gasteiger partial charge in [0.25, 0.3) is 0 Å². The van der Waals surface area contributed by atoms with Gasteiger partial charge in [-0.2, -0.15) is 18.2 Å². The number of esters is 1. The molecule has 3 aromatic rings. The summed E-state index contributed by atoms with van der Waals surface area (Å²) in [5.41, 5.74) is 0.643. The summed E-state index contributed by atoms with van der Waals surface area (Å²) in [6, 6.07) is 13.7. The Balaban J connectivity index is 1.51. The van der Waals surface area contributed by atoms with E-state index in [-0.39, 0.29) is 18.4 Å².